The van der Waals surface area contributed by atoms with E-state index in [2.05, 4.69) is 13.8 Å². The summed E-state index contributed by atoms with van der Waals surface area (Å²) < 4.78 is 16.6. The SMILES string of the molecule is COc1ccc(CN(C)C(=O)[C@@H](C)Oc2ccccc2C(C)C)cc1OC. The number of benzene rings is 2. The highest BCUT2D eigenvalue weighted by atomic mass is 16.5. The maximum Gasteiger partial charge on any atom is 0.263 e. The van der Waals surface area contributed by atoms with Gasteiger partial charge in [-0.1, -0.05) is 38.1 Å². The van der Waals surface area contributed by atoms with Crippen LogP contribution in [0.2, 0.25) is 0 Å². The van der Waals surface area contributed by atoms with Gasteiger partial charge in [-0.25, -0.2) is 0 Å². The molecule has 0 heterocycles. The zero-order valence-corrected chi connectivity index (χ0v) is 17.0. The number of para-hydroxylation sites is 1. The van der Waals surface area contributed by atoms with Gasteiger partial charge in [-0.2, -0.15) is 0 Å². The zero-order valence-electron chi connectivity index (χ0n) is 17.0. The Morgan fingerprint density at radius 3 is 2.26 bits per heavy atom. The molecule has 5 heteroatoms. The molecule has 2 aromatic rings. The molecule has 1 amide bonds. The Kier molecular flexibility index (Phi) is 7.11. The highest BCUT2D eigenvalue weighted by Gasteiger charge is 2.21. The van der Waals surface area contributed by atoms with Gasteiger partial charge >= 0.3 is 0 Å². The number of carbonyl (C=O) groups is 1. The van der Waals surface area contributed by atoms with E-state index in [0.717, 1.165) is 16.9 Å². The molecule has 146 valence electrons. The first-order valence-corrected chi connectivity index (χ1v) is 9.08. The largest absolute Gasteiger partial charge is 0.493 e. The fraction of sp³-hybridized carbons (Fsp3) is 0.409. The first-order chi connectivity index (χ1) is 12.9. The van der Waals surface area contributed by atoms with Crippen LogP contribution in [0.3, 0.4) is 0 Å². The third-order valence-electron chi connectivity index (χ3n) is 4.44. The van der Waals surface area contributed by atoms with Gasteiger partial charge in [-0.05, 0) is 42.2 Å². The van der Waals surface area contributed by atoms with Crippen molar-refractivity contribution in [2.24, 2.45) is 0 Å². The Bertz CT molecular complexity index is 773. The van der Waals surface area contributed by atoms with Crippen LogP contribution in [-0.2, 0) is 11.3 Å². The molecule has 0 spiro atoms. The summed E-state index contributed by atoms with van der Waals surface area (Å²) in [5, 5.41) is 0. The average molecular weight is 371 g/mol. The van der Waals surface area contributed by atoms with Crippen LogP contribution in [0.15, 0.2) is 42.5 Å². The van der Waals surface area contributed by atoms with Crippen LogP contribution in [0.1, 0.15) is 37.8 Å². The molecule has 0 aliphatic rings. The van der Waals surface area contributed by atoms with Crippen LogP contribution in [0, 0.1) is 0 Å². The van der Waals surface area contributed by atoms with Crippen LogP contribution in [-0.4, -0.2) is 38.2 Å². The van der Waals surface area contributed by atoms with E-state index < -0.39 is 6.10 Å². The minimum absolute atomic E-state index is 0.0802. The number of methoxy groups -OCH3 is 2. The average Bonchev–Trinajstić information content (AvgIpc) is 2.67. The fourth-order valence-corrected chi connectivity index (χ4v) is 2.95. The molecule has 27 heavy (non-hydrogen) atoms. The third kappa shape index (κ3) is 5.16. The molecule has 0 aliphatic heterocycles. The molecule has 0 unspecified atom stereocenters. The number of hydrogen-bond donors (Lipinski definition) is 0. The molecule has 0 bridgehead atoms. The maximum absolute atomic E-state index is 12.8. The highest BCUT2D eigenvalue weighted by molar-refractivity contribution is 5.80. The van der Waals surface area contributed by atoms with Gasteiger partial charge in [-0.15, -0.1) is 0 Å². The fourth-order valence-electron chi connectivity index (χ4n) is 2.95. The second-order valence-corrected chi connectivity index (χ2v) is 6.84. The molecule has 2 aromatic carbocycles. The summed E-state index contributed by atoms with van der Waals surface area (Å²) in [6.07, 6.45) is -0.574. The smallest absolute Gasteiger partial charge is 0.263 e. The molecule has 0 fully saturated rings. The Labute approximate surface area is 161 Å². The van der Waals surface area contributed by atoms with Gasteiger partial charge in [0, 0.05) is 13.6 Å². The Hall–Kier alpha value is -2.69. The second-order valence-electron chi connectivity index (χ2n) is 6.84. The molecule has 1 atom stereocenters. The second kappa shape index (κ2) is 9.31. The van der Waals surface area contributed by atoms with E-state index in [1.165, 1.54) is 0 Å². The van der Waals surface area contributed by atoms with Crippen LogP contribution >= 0.6 is 0 Å². The highest BCUT2D eigenvalue weighted by Crippen LogP contribution is 2.29. The van der Waals surface area contributed by atoms with E-state index in [-0.39, 0.29) is 5.91 Å². The van der Waals surface area contributed by atoms with Gasteiger partial charge in [0.05, 0.1) is 14.2 Å². The van der Waals surface area contributed by atoms with Crippen molar-refractivity contribution in [3.05, 3.63) is 53.6 Å². The van der Waals surface area contributed by atoms with Crippen molar-refractivity contribution in [1.82, 2.24) is 4.90 Å². The van der Waals surface area contributed by atoms with Crippen molar-refractivity contribution in [1.29, 1.82) is 0 Å². The number of hydrogen-bond acceptors (Lipinski definition) is 4. The number of amides is 1. The lowest BCUT2D eigenvalue weighted by molar-refractivity contribution is -0.137. The van der Waals surface area contributed by atoms with E-state index in [0.29, 0.717) is 24.0 Å². The molecule has 0 aromatic heterocycles. The quantitative estimate of drug-likeness (QED) is 0.696. The predicted molar refractivity (Wildman–Crippen MR) is 107 cm³/mol. The molecule has 0 radical (unpaired) electrons. The molecule has 0 aliphatic carbocycles. The maximum atomic E-state index is 12.8. The van der Waals surface area contributed by atoms with Gasteiger partial charge in [0.1, 0.15) is 5.75 Å². The number of ether oxygens (including phenoxy) is 3. The zero-order chi connectivity index (χ0) is 20.0. The topological polar surface area (TPSA) is 48.0 Å². The monoisotopic (exact) mass is 371 g/mol. The van der Waals surface area contributed by atoms with Crippen molar-refractivity contribution < 1.29 is 19.0 Å². The first-order valence-electron chi connectivity index (χ1n) is 9.08. The first kappa shape index (κ1) is 20.6. The summed E-state index contributed by atoms with van der Waals surface area (Å²) in [6.45, 7) is 6.46. The molecule has 0 saturated heterocycles. The molecule has 5 nitrogen and oxygen atoms in total. The summed E-state index contributed by atoms with van der Waals surface area (Å²) in [5.41, 5.74) is 2.05. The standard InChI is InChI=1S/C22H29NO4/c1-15(2)18-9-7-8-10-19(18)27-16(3)22(24)23(4)14-17-11-12-20(25-5)21(13-17)26-6/h7-13,15-16H,14H2,1-6H3/t16-/m1/s1. The minimum Gasteiger partial charge on any atom is -0.493 e. The lowest BCUT2D eigenvalue weighted by Gasteiger charge is -2.24. The van der Waals surface area contributed by atoms with E-state index in [1.54, 1.807) is 33.1 Å². The molecule has 0 N–H and O–H groups in total. The van der Waals surface area contributed by atoms with Crippen LogP contribution in [0.25, 0.3) is 0 Å². The van der Waals surface area contributed by atoms with Gasteiger partial charge < -0.3 is 19.1 Å². The Morgan fingerprint density at radius 1 is 0.963 bits per heavy atom. The number of nitrogens with zero attached hydrogens (tertiary/aromatic N) is 1. The summed E-state index contributed by atoms with van der Waals surface area (Å²) in [6, 6.07) is 13.5. The van der Waals surface area contributed by atoms with Gasteiger partial charge in [-0.3, -0.25) is 4.79 Å². The van der Waals surface area contributed by atoms with Crippen molar-refractivity contribution in [2.45, 2.75) is 39.3 Å². The molecular weight excluding hydrogens is 342 g/mol. The van der Waals surface area contributed by atoms with Gasteiger partial charge in [0.25, 0.3) is 5.91 Å². The Balaban J connectivity index is 2.06. The number of likely N-dealkylation sites (N-methyl/N-ethyl adjacent to an activating group) is 1. The summed E-state index contributed by atoms with van der Waals surface area (Å²) in [5.74, 6) is 2.31. The van der Waals surface area contributed by atoms with Gasteiger partial charge in [0.2, 0.25) is 0 Å². The molecule has 2 rings (SSSR count). The molecular formula is C22H29NO4. The molecule has 0 saturated carbocycles. The van der Waals surface area contributed by atoms with Crippen LogP contribution < -0.4 is 14.2 Å². The Morgan fingerprint density at radius 2 is 1.63 bits per heavy atom. The van der Waals surface area contributed by atoms with E-state index >= 15 is 0 Å². The van der Waals surface area contributed by atoms with E-state index in [4.69, 9.17) is 14.2 Å². The van der Waals surface area contributed by atoms with Crippen LogP contribution in [0.4, 0.5) is 0 Å². The number of rotatable bonds is 8. The van der Waals surface area contributed by atoms with Gasteiger partial charge in [0.15, 0.2) is 17.6 Å². The number of carbonyl (C=O) groups excluding carboxylic acids is 1. The third-order valence-corrected chi connectivity index (χ3v) is 4.44. The predicted octanol–water partition coefficient (Wildman–Crippen LogP) is 4.25. The lowest BCUT2D eigenvalue weighted by atomic mass is 10.0. The normalized spacial score (nSPS) is 11.8. The van der Waals surface area contributed by atoms with E-state index in [1.807, 2.05) is 42.5 Å². The van der Waals surface area contributed by atoms with Crippen LogP contribution in [0.5, 0.6) is 17.2 Å². The van der Waals surface area contributed by atoms with Crippen molar-refractivity contribution in [2.75, 3.05) is 21.3 Å². The van der Waals surface area contributed by atoms with Crippen molar-refractivity contribution >= 4 is 5.91 Å². The summed E-state index contributed by atoms with van der Waals surface area (Å²) in [7, 11) is 4.97. The minimum atomic E-state index is -0.574. The van der Waals surface area contributed by atoms with Crippen molar-refractivity contribution in [3.8, 4) is 17.2 Å². The lowest BCUT2D eigenvalue weighted by Crippen LogP contribution is -2.37. The van der Waals surface area contributed by atoms with E-state index in [9.17, 15) is 4.79 Å². The van der Waals surface area contributed by atoms with Crippen molar-refractivity contribution in [3.63, 3.8) is 0 Å². The summed E-state index contributed by atoms with van der Waals surface area (Å²) >= 11 is 0. The summed E-state index contributed by atoms with van der Waals surface area (Å²) in [4.78, 5) is 14.4.